The van der Waals surface area contributed by atoms with Crippen LogP contribution >= 0.6 is 0 Å². The smallest absolute Gasteiger partial charge is 0.223 e. The van der Waals surface area contributed by atoms with Crippen LogP contribution in [0.5, 0.6) is 5.75 Å². The number of nitrogen functional groups attached to an aromatic ring is 1. The van der Waals surface area contributed by atoms with Crippen LogP contribution in [-0.2, 0) is 4.79 Å². The van der Waals surface area contributed by atoms with Crippen LogP contribution < -0.4 is 15.8 Å². The van der Waals surface area contributed by atoms with E-state index in [1.165, 1.54) is 0 Å². The Balaban J connectivity index is 2.19. The van der Waals surface area contributed by atoms with Crippen LogP contribution in [0.2, 0.25) is 0 Å². The third kappa shape index (κ3) is 5.77. The van der Waals surface area contributed by atoms with Gasteiger partial charge in [0.2, 0.25) is 5.91 Å². The first-order valence-corrected chi connectivity index (χ1v) is 5.51. The summed E-state index contributed by atoms with van der Waals surface area (Å²) in [4.78, 5) is 11.3. The van der Waals surface area contributed by atoms with Gasteiger partial charge in [0.15, 0.2) is 0 Å². The molecule has 0 aliphatic heterocycles. The lowest BCUT2D eigenvalue weighted by Crippen LogP contribution is -2.31. The maximum Gasteiger partial charge on any atom is 0.223 e. The van der Waals surface area contributed by atoms with Crippen LogP contribution in [-0.4, -0.2) is 30.3 Å². The van der Waals surface area contributed by atoms with Gasteiger partial charge in [-0.15, -0.1) is 0 Å². The SMILES string of the molecule is C[C@@H](O)CNC(=O)CCOc1ccc(N)cc1. The minimum atomic E-state index is -0.531. The predicted octanol–water partition coefficient (Wildman–Crippen LogP) is 0.535. The van der Waals surface area contributed by atoms with Crippen molar-refractivity contribution in [3.63, 3.8) is 0 Å². The van der Waals surface area contributed by atoms with Crippen LogP contribution in [0.4, 0.5) is 5.69 Å². The molecule has 1 amide bonds. The highest BCUT2D eigenvalue weighted by molar-refractivity contribution is 5.76. The van der Waals surface area contributed by atoms with Gasteiger partial charge in [-0.05, 0) is 31.2 Å². The number of hydrogen-bond acceptors (Lipinski definition) is 4. The van der Waals surface area contributed by atoms with Gasteiger partial charge in [-0.25, -0.2) is 0 Å². The summed E-state index contributed by atoms with van der Waals surface area (Å²) in [6, 6.07) is 6.98. The van der Waals surface area contributed by atoms with E-state index in [1.54, 1.807) is 31.2 Å². The molecule has 0 unspecified atom stereocenters. The van der Waals surface area contributed by atoms with Gasteiger partial charge in [0.1, 0.15) is 5.75 Å². The molecule has 94 valence electrons. The minimum Gasteiger partial charge on any atom is -0.493 e. The van der Waals surface area contributed by atoms with Gasteiger partial charge < -0.3 is 20.9 Å². The van der Waals surface area contributed by atoms with E-state index in [-0.39, 0.29) is 18.9 Å². The second-order valence-electron chi connectivity index (χ2n) is 3.82. The summed E-state index contributed by atoms with van der Waals surface area (Å²) in [5, 5.41) is 11.6. The third-order valence-corrected chi connectivity index (χ3v) is 2.07. The molecule has 1 aromatic rings. The summed E-state index contributed by atoms with van der Waals surface area (Å²) in [5.41, 5.74) is 6.20. The zero-order chi connectivity index (χ0) is 12.7. The van der Waals surface area contributed by atoms with E-state index in [2.05, 4.69) is 5.32 Å². The van der Waals surface area contributed by atoms with Crippen LogP contribution in [0.15, 0.2) is 24.3 Å². The first kappa shape index (κ1) is 13.3. The van der Waals surface area contributed by atoms with Gasteiger partial charge in [-0.2, -0.15) is 0 Å². The number of nitrogens with two attached hydrogens (primary N) is 1. The van der Waals surface area contributed by atoms with E-state index in [1.807, 2.05) is 0 Å². The maximum atomic E-state index is 11.3. The minimum absolute atomic E-state index is 0.138. The molecule has 1 rings (SSSR count). The zero-order valence-corrected chi connectivity index (χ0v) is 9.85. The number of aliphatic hydroxyl groups is 1. The zero-order valence-electron chi connectivity index (χ0n) is 9.85. The van der Waals surface area contributed by atoms with Crippen molar-refractivity contribution in [1.29, 1.82) is 0 Å². The molecule has 0 fully saturated rings. The van der Waals surface area contributed by atoms with Crippen molar-refractivity contribution in [2.75, 3.05) is 18.9 Å². The molecule has 0 aliphatic carbocycles. The number of rotatable bonds is 6. The molecule has 1 aromatic carbocycles. The Labute approximate surface area is 101 Å². The Hall–Kier alpha value is -1.75. The lowest BCUT2D eigenvalue weighted by atomic mass is 10.3. The Bertz CT molecular complexity index is 349. The Morgan fingerprint density at radius 3 is 2.71 bits per heavy atom. The average Bonchev–Trinajstić information content (AvgIpc) is 2.29. The summed E-state index contributed by atoms with van der Waals surface area (Å²) >= 11 is 0. The van der Waals surface area contributed by atoms with Crippen LogP contribution in [0.25, 0.3) is 0 Å². The normalized spacial score (nSPS) is 11.9. The summed E-state index contributed by atoms with van der Waals surface area (Å²) < 4.78 is 5.36. The number of nitrogens with one attached hydrogen (secondary N) is 1. The van der Waals surface area contributed by atoms with Crippen molar-refractivity contribution in [3.05, 3.63) is 24.3 Å². The molecule has 0 spiro atoms. The second-order valence-corrected chi connectivity index (χ2v) is 3.82. The monoisotopic (exact) mass is 238 g/mol. The summed E-state index contributed by atoms with van der Waals surface area (Å²) in [6.07, 6.45) is -0.270. The highest BCUT2D eigenvalue weighted by Crippen LogP contribution is 2.12. The molecule has 5 nitrogen and oxygen atoms in total. The molecule has 0 radical (unpaired) electrons. The van der Waals surface area contributed by atoms with Crippen LogP contribution in [0, 0.1) is 0 Å². The van der Waals surface area contributed by atoms with Crippen molar-refractivity contribution < 1.29 is 14.6 Å². The maximum absolute atomic E-state index is 11.3. The molecule has 0 aromatic heterocycles. The molecule has 0 bridgehead atoms. The number of benzene rings is 1. The number of anilines is 1. The van der Waals surface area contributed by atoms with Gasteiger partial charge in [-0.1, -0.05) is 0 Å². The number of carbonyl (C=O) groups is 1. The van der Waals surface area contributed by atoms with E-state index >= 15 is 0 Å². The van der Waals surface area contributed by atoms with Crippen molar-refractivity contribution >= 4 is 11.6 Å². The molecule has 0 saturated carbocycles. The summed E-state index contributed by atoms with van der Waals surface area (Å²) in [7, 11) is 0. The molecule has 5 heteroatoms. The highest BCUT2D eigenvalue weighted by Gasteiger charge is 2.03. The van der Waals surface area contributed by atoms with Gasteiger partial charge in [0.25, 0.3) is 0 Å². The molecule has 0 saturated heterocycles. The Morgan fingerprint density at radius 2 is 2.12 bits per heavy atom. The number of aliphatic hydroxyl groups excluding tert-OH is 1. The first-order valence-electron chi connectivity index (χ1n) is 5.51. The van der Waals surface area contributed by atoms with E-state index < -0.39 is 6.10 Å². The molecule has 0 heterocycles. The van der Waals surface area contributed by atoms with E-state index in [0.717, 1.165) is 0 Å². The van der Waals surface area contributed by atoms with Gasteiger partial charge in [0.05, 0.1) is 19.1 Å². The van der Waals surface area contributed by atoms with Crippen molar-refractivity contribution in [3.8, 4) is 5.75 Å². The number of ether oxygens (including phenoxy) is 1. The number of carbonyl (C=O) groups excluding carboxylic acids is 1. The quantitative estimate of drug-likeness (QED) is 0.631. The molecule has 4 N–H and O–H groups in total. The molecule has 1 atom stereocenters. The fourth-order valence-electron chi connectivity index (χ4n) is 1.18. The lowest BCUT2D eigenvalue weighted by Gasteiger charge is -2.08. The molecular formula is C12H18N2O3. The third-order valence-electron chi connectivity index (χ3n) is 2.07. The average molecular weight is 238 g/mol. The molecular weight excluding hydrogens is 220 g/mol. The summed E-state index contributed by atoms with van der Waals surface area (Å²) in [5.74, 6) is 0.545. The van der Waals surface area contributed by atoms with E-state index in [0.29, 0.717) is 18.0 Å². The van der Waals surface area contributed by atoms with Gasteiger partial charge in [0, 0.05) is 12.2 Å². The van der Waals surface area contributed by atoms with E-state index in [9.17, 15) is 4.79 Å². The van der Waals surface area contributed by atoms with Gasteiger partial charge >= 0.3 is 0 Å². The number of amides is 1. The fraction of sp³-hybridized carbons (Fsp3) is 0.417. The topological polar surface area (TPSA) is 84.6 Å². The Kier molecular flexibility index (Phi) is 5.29. The van der Waals surface area contributed by atoms with Gasteiger partial charge in [-0.3, -0.25) is 4.79 Å². The molecule has 0 aliphatic rings. The first-order chi connectivity index (χ1) is 8.08. The largest absolute Gasteiger partial charge is 0.493 e. The number of hydrogen-bond donors (Lipinski definition) is 3. The fourth-order valence-corrected chi connectivity index (χ4v) is 1.18. The molecule has 17 heavy (non-hydrogen) atoms. The van der Waals surface area contributed by atoms with Crippen molar-refractivity contribution in [2.45, 2.75) is 19.4 Å². The second kappa shape index (κ2) is 6.75. The standard InChI is InChI=1S/C12H18N2O3/c1-9(15)8-14-12(16)6-7-17-11-4-2-10(13)3-5-11/h2-5,9,15H,6-8,13H2,1H3,(H,14,16)/t9-/m1/s1. The predicted molar refractivity (Wildman–Crippen MR) is 65.7 cm³/mol. The van der Waals surface area contributed by atoms with Crippen molar-refractivity contribution in [1.82, 2.24) is 5.32 Å². The lowest BCUT2D eigenvalue weighted by molar-refractivity contribution is -0.122. The Morgan fingerprint density at radius 1 is 1.47 bits per heavy atom. The van der Waals surface area contributed by atoms with Crippen LogP contribution in [0.1, 0.15) is 13.3 Å². The van der Waals surface area contributed by atoms with Crippen LogP contribution in [0.3, 0.4) is 0 Å². The van der Waals surface area contributed by atoms with Crippen molar-refractivity contribution in [2.24, 2.45) is 0 Å². The van der Waals surface area contributed by atoms with E-state index in [4.69, 9.17) is 15.6 Å². The summed E-state index contributed by atoms with van der Waals surface area (Å²) in [6.45, 7) is 2.18. The highest BCUT2D eigenvalue weighted by atomic mass is 16.5.